The Morgan fingerprint density at radius 2 is 1.96 bits per heavy atom. The monoisotopic (exact) mass is 409 g/mol. The van der Waals surface area contributed by atoms with Gasteiger partial charge in [0.2, 0.25) is 0 Å². The molecule has 4 atom stereocenters. The number of nitrogens with two attached hydrogens (primary N) is 2. The van der Waals surface area contributed by atoms with Crippen molar-refractivity contribution in [2.24, 2.45) is 5.73 Å². The standard InChI is InChI=1S/C17H27N7O3S/c18-10-1-3-23(4-2-10)5-6-28-7-11-13(25)14(26)17(27-11)24-9-22-12-15(19)20-8-21-16(12)24/h8-11,13-14,17,25-26H,1-7,18H2,(H2,19,20,21)/t11-,13?,14?,17-/m1/s1. The number of nitrogens with zero attached hydrogens (tertiary/aromatic N) is 5. The number of rotatable bonds is 6. The predicted molar refractivity (Wildman–Crippen MR) is 107 cm³/mol. The lowest BCUT2D eigenvalue weighted by molar-refractivity contribution is -0.0289. The van der Waals surface area contributed by atoms with Crippen LogP contribution in [0.2, 0.25) is 0 Å². The molecule has 2 aliphatic rings. The van der Waals surface area contributed by atoms with Crippen molar-refractivity contribution in [3.63, 3.8) is 0 Å². The van der Waals surface area contributed by atoms with E-state index in [0.717, 1.165) is 38.2 Å². The minimum atomic E-state index is -1.07. The van der Waals surface area contributed by atoms with Crippen LogP contribution in [0, 0.1) is 0 Å². The molecule has 2 aromatic heterocycles. The van der Waals surface area contributed by atoms with E-state index in [9.17, 15) is 10.2 Å². The van der Waals surface area contributed by atoms with Crippen molar-refractivity contribution in [2.45, 2.75) is 43.4 Å². The Balaban J connectivity index is 1.32. The molecule has 0 radical (unpaired) electrons. The van der Waals surface area contributed by atoms with E-state index in [0.29, 0.717) is 23.0 Å². The predicted octanol–water partition coefficient (Wildman–Crippen LogP) is -0.816. The zero-order valence-corrected chi connectivity index (χ0v) is 16.4. The highest BCUT2D eigenvalue weighted by Gasteiger charge is 2.44. The summed E-state index contributed by atoms with van der Waals surface area (Å²) in [6.45, 7) is 3.09. The molecule has 154 valence electrons. The maximum Gasteiger partial charge on any atom is 0.167 e. The van der Waals surface area contributed by atoms with Crippen LogP contribution in [0.15, 0.2) is 12.7 Å². The fourth-order valence-corrected chi connectivity index (χ4v) is 4.78. The summed E-state index contributed by atoms with van der Waals surface area (Å²) < 4.78 is 7.56. The minimum absolute atomic E-state index is 0.266. The van der Waals surface area contributed by atoms with Crippen molar-refractivity contribution >= 4 is 28.7 Å². The van der Waals surface area contributed by atoms with Gasteiger partial charge >= 0.3 is 0 Å². The Kier molecular flexibility index (Phi) is 5.99. The first kappa shape index (κ1) is 19.8. The van der Waals surface area contributed by atoms with Gasteiger partial charge in [0.05, 0.1) is 12.4 Å². The Morgan fingerprint density at radius 3 is 2.75 bits per heavy atom. The molecule has 0 saturated carbocycles. The number of piperidine rings is 1. The van der Waals surface area contributed by atoms with Gasteiger partial charge in [0.1, 0.15) is 24.1 Å². The normalized spacial score (nSPS) is 29.7. The Bertz CT molecular complexity index is 798. The summed E-state index contributed by atoms with van der Waals surface area (Å²) in [6, 6.07) is 0.337. The van der Waals surface area contributed by atoms with Crippen LogP contribution >= 0.6 is 11.8 Å². The molecule has 0 bridgehead atoms. The van der Waals surface area contributed by atoms with Gasteiger partial charge in [0.25, 0.3) is 0 Å². The van der Waals surface area contributed by atoms with Crippen molar-refractivity contribution < 1.29 is 14.9 Å². The van der Waals surface area contributed by atoms with Gasteiger partial charge in [-0.3, -0.25) is 4.57 Å². The van der Waals surface area contributed by atoms with Gasteiger partial charge in [0, 0.05) is 24.1 Å². The average molecular weight is 410 g/mol. The second-order valence-corrected chi connectivity index (χ2v) is 8.53. The maximum absolute atomic E-state index is 10.5. The molecule has 2 aliphatic heterocycles. The van der Waals surface area contributed by atoms with Crippen LogP contribution in [-0.4, -0.2) is 90.1 Å². The highest BCUT2D eigenvalue weighted by Crippen LogP contribution is 2.33. The zero-order valence-electron chi connectivity index (χ0n) is 15.6. The number of likely N-dealkylation sites (tertiary alicyclic amines) is 1. The number of ether oxygens (including phenoxy) is 1. The quantitative estimate of drug-likeness (QED) is 0.446. The number of aliphatic hydroxyl groups excluding tert-OH is 2. The fourth-order valence-electron chi connectivity index (χ4n) is 3.72. The Morgan fingerprint density at radius 1 is 1.18 bits per heavy atom. The van der Waals surface area contributed by atoms with Crippen molar-refractivity contribution in [1.82, 2.24) is 24.4 Å². The highest BCUT2D eigenvalue weighted by atomic mass is 32.2. The third-order valence-electron chi connectivity index (χ3n) is 5.46. The first-order chi connectivity index (χ1) is 13.5. The minimum Gasteiger partial charge on any atom is -0.387 e. The molecular formula is C17H27N7O3S. The lowest BCUT2D eigenvalue weighted by Crippen LogP contribution is -2.40. The molecule has 0 aliphatic carbocycles. The number of aliphatic hydroxyl groups is 2. The van der Waals surface area contributed by atoms with Gasteiger partial charge in [-0.1, -0.05) is 0 Å². The number of hydrogen-bond acceptors (Lipinski definition) is 10. The first-order valence-electron chi connectivity index (χ1n) is 9.55. The smallest absolute Gasteiger partial charge is 0.167 e. The number of imidazole rings is 1. The molecular weight excluding hydrogens is 382 g/mol. The number of thioether (sulfide) groups is 1. The van der Waals surface area contributed by atoms with E-state index < -0.39 is 24.5 Å². The van der Waals surface area contributed by atoms with Crippen LogP contribution in [0.4, 0.5) is 5.82 Å². The molecule has 11 heteroatoms. The van der Waals surface area contributed by atoms with Crippen LogP contribution < -0.4 is 11.5 Å². The summed E-state index contributed by atoms with van der Waals surface area (Å²) in [5.41, 5.74) is 12.7. The van der Waals surface area contributed by atoms with Crippen LogP contribution in [0.1, 0.15) is 19.1 Å². The second kappa shape index (κ2) is 8.47. The third kappa shape index (κ3) is 3.95. The van der Waals surface area contributed by atoms with Crippen LogP contribution in [0.3, 0.4) is 0 Å². The Hall–Kier alpha value is -1.50. The van der Waals surface area contributed by atoms with E-state index in [1.54, 1.807) is 16.3 Å². The zero-order chi connectivity index (χ0) is 19.7. The first-order valence-corrected chi connectivity index (χ1v) is 10.7. The van der Waals surface area contributed by atoms with Crippen LogP contribution in [0.25, 0.3) is 11.2 Å². The summed E-state index contributed by atoms with van der Waals surface area (Å²) in [6.07, 6.45) is 1.69. The van der Waals surface area contributed by atoms with Crippen molar-refractivity contribution in [3.8, 4) is 0 Å². The molecule has 2 unspecified atom stereocenters. The van der Waals surface area contributed by atoms with Crippen molar-refractivity contribution in [1.29, 1.82) is 0 Å². The summed E-state index contributed by atoms with van der Waals surface area (Å²) in [5, 5.41) is 20.9. The molecule has 2 saturated heterocycles. The summed E-state index contributed by atoms with van der Waals surface area (Å²) >= 11 is 1.72. The van der Waals surface area contributed by atoms with Gasteiger partial charge in [-0.15, -0.1) is 0 Å². The molecule has 2 fully saturated rings. The van der Waals surface area contributed by atoms with Gasteiger partial charge in [-0.05, 0) is 25.9 Å². The molecule has 0 spiro atoms. The SMILES string of the molecule is Nc1ncnc2c1ncn2[C@@H]1O[C@H](CSCCN2CCC(N)CC2)C(O)C1O. The van der Waals surface area contributed by atoms with Crippen LogP contribution in [-0.2, 0) is 4.74 Å². The van der Waals surface area contributed by atoms with E-state index in [-0.39, 0.29) is 5.82 Å². The van der Waals surface area contributed by atoms with Gasteiger partial charge in [-0.25, -0.2) is 15.0 Å². The fraction of sp³-hybridized carbons (Fsp3) is 0.706. The van der Waals surface area contributed by atoms with Gasteiger partial charge in [-0.2, -0.15) is 11.8 Å². The second-order valence-electron chi connectivity index (χ2n) is 7.38. The van der Waals surface area contributed by atoms with Crippen LogP contribution in [0.5, 0.6) is 0 Å². The lowest BCUT2D eigenvalue weighted by atomic mass is 10.1. The molecule has 28 heavy (non-hydrogen) atoms. The molecule has 2 aromatic rings. The summed E-state index contributed by atoms with van der Waals surface area (Å²) in [7, 11) is 0. The number of fused-ring (bicyclic) bond motifs is 1. The van der Waals surface area contributed by atoms with Crippen molar-refractivity contribution in [3.05, 3.63) is 12.7 Å². The van der Waals surface area contributed by atoms with E-state index in [1.165, 1.54) is 12.7 Å². The highest BCUT2D eigenvalue weighted by molar-refractivity contribution is 7.99. The molecule has 10 nitrogen and oxygen atoms in total. The van der Waals surface area contributed by atoms with Gasteiger partial charge in [0.15, 0.2) is 17.7 Å². The lowest BCUT2D eigenvalue weighted by Gasteiger charge is -2.29. The largest absolute Gasteiger partial charge is 0.387 e. The molecule has 0 amide bonds. The van der Waals surface area contributed by atoms with Crippen molar-refractivity contribution in [2.75, 3.05) is 36.9 Å². The molecule has 4 heterocycles. The topological polar surface area (TPSA) is 149 Å². The Labute approximate surface area is 167 Å². The average Bonchev–Trinajstić information content (AvgIpc) is 3.24. The molecule has 0 aromatic carbocycles. The van der Waals surface area contributed by atoms with E-state index in [2.05, 4.69) is 19.9 Å². The summed E-state index contributed by atoms with van der Waals surface area (Å²) in [5.74, 6) is 1.81. The van der Waals surface area contributed by atoms with E-state index >= 15 is 0 Å². The van der Waals surface area contributed by atoms with Gasteiger partial charge < -0.3 is 31.3 Å². The molecule has 4 rings (SSSR count). The maximum atomic E-state index is 10.5. The number of nitrogen functional groups attached to an aromatic ring is 1. The number of hydrogen-bond donors (Lipinski definition) is 4. The van der Waals surface area contributed by atoms with E-state index in [4.69, 9.17) is 16.2 Å². The summed E-state index contributed by atoms with van der Waals surface area (Å²) in [4.78, 5) is 14.7. The number of anilines is 1. The number of aromatic nitrogens is 4. The van der Waals surface area contributed by atoms with E-state index in [1.807, 2.05) is 0 Å². The molecule has 6 N–H and O–H groups in total. The third-order valence-corrected chi connectivity index (χ3v) is 6.50.